The molecule has 0 unspecified atom stereocenters. The first-order valence-corrected chi connectivity index (χ1v) is 4.73. The molecule has 14 heavy (non-hydrogen) atoms. The van der Waals surface area contributed by atoms with E-state index >= 15 is 0 Å². The number of benzene rings is 1. The summed E-state index contributed by atoms with van der Waals surface area (Å²) >= 11 is 0. The molecule has 0 saturated carbocycles. The van der Waals surface area contributed by atoms with E-state index in [1.807, 2.05) is 13.1 Å². The Morgan fingerprint density at radius 3 is 2.93 bits per heavy atom. The summed E-state index contributed by atoms with van der Waals surface area (Å²) in [6.07, 6.45) is 10.4. The first-order chi connectivity index (χ1) is 6.82. The maximum Gasteiger partial charge on any atom is 0.0737 e. The van der Waals surface area contributed by atoms with Crippen molar-refractivity contribution in [1.82, 2.24) is 5.32 Å². The highest BCUT2D eigenvalue weighted by atomic mass is 14.9. The van der Waals surface area contributed by atoms with Gasteiger partial charge in [0.2, 0.25) is 0 Å². The molecular weight excluding hydrogens is 170 g/mol. The van der Waals surface area contributed by atoms with Gasteiger partial charge in [-0.3, -0.25) is 0 Å². The second-order valence-corrected chi connectivity index (χ2v) is 3.52. The third-order valence-electron chi connectivity index (χ3n) is 2.82. The van der Waals surface area contributed by atoms with Crippen LogP contribution in [0.4, 0.5) is 0 Å². The molecule has 0 spiro atoms. The van der Waals surface area contributed by atoms with Crippen molar-refractivity contribution in [3.05, 3.63) is 41.5 Å². The average molecular weight is 183 g/mol. The number of hydrogen-bond donors (Lipinski definition) is 1. The standard InChI is InChI=1S/C13H13N/c1-3-9-13(14-2)10-8-11-6-4-5-7-12(11)13/h1,4-8,10,14H,9H2,2H3/t13-/m1/s1. The fourth-order valence-electron chi connectivity index (χ4n) is 1.99. The zero-order chi connectivity index (χ0) is 10.0. The highest BCUT2D eigenvalue weighted by Crippen LogP contribution is 2.35. The molecule has 1 heteroatoms. The first kappa shape index (κ1) is 9.05. The van der Waals surface area contributed by atoms with Crippen molar-refractivity contribution >= 4 is 6.08 Å². The smallest absolute Gasteiger partial charge is 0.0737 e. The molecule has 1 aliphatic carbocycles. The lowest BCUT2D eigenvalue weighted by atomic mass is 9.89. The molecule has 0 aromatic heterocycles. The fraction of sp³-hybridized carbons (Fsp3) is 0.231. The highest BCUT2D eigenvalue weighted by Gasteiger charge is 2.31. The Hall–Kier alpha value is -1.52. The first-order valence-electron chi connectivity index (χ1n) is 4.73. The Bertz CT molecular complexity index is 411. The van der Waals surface area contributed by atoms with Crippen LogP contribution in [0.15, 0.2) is 30.3 Å². The van der Waals surface area contributed by atoms with Gasteiger partial charge in [0.1, 0.15) is 0 Å². The zero-order valence-corrected chi connectivity index (χ0v) is 8.25. The molecule has 1 aromatic rings. The summed E-state index contributed by atoms with van der Waals surface area (Å²) in [5.41, 5.74) is 2.39. The van der Waals surface area contributed by atoms with Crippen molar-refractivity contribution in [3.63, 3.8) is 0 Å². The molecule has 0 amide bonds. The second kappa shape index (κ2) is 3.32. The van der Waals surface area contributed by atoms with Crippen LogP contribution in [0.25, 0.3) is 6.08 Å². The summed E-state index contributed by atoms with van der Waals surface area (Å²) in [7, 11) is 1.95. The molecule has 0 aliphatic heterocycles. The molecule has 1 aromatic carbocycles. The molecule has 1 aliphatic rings. The van der Waals surface area contributed by atoms with Gasteiger partial charge in [-0.1, -0.05) is 36.4 Å². The molecule has 0 bridgehead atoms. The van der Waals surface area contributed by atoms with Gasteiger partial charge in [0.05, 0.1) is 5.54 Å². The third-order valence-corrected chi connectivity index (χ3v) is 2.82. The van der Waals surface area contributed by atoms with Crippen LogP contribution in [0, 0.1) is 12.3 Å². The number of hydrogen-bond acceptors (Lipinski definition) is 1. The van der Waals surface area contributed by atoms with Crippen LogP contribution in [-0.2, 0) is 5.54 Å². The van der Waals surface area contributed by atoms with E-state index in [4.69, 9.17) is 6.42 Å². The van der Waals surface area contributed by atoms with Crippen molar-refractivity contribution in [2.75, 3.05) is 7.05 Å². The van der Waals surface area contributed by atoms with Gasteiger partial charge in [-0.05, 0) is 18.2 Å². The van der Waals surface area contributed by atoms with Crippen molar-refractivity contribution < 1.29 is 0 Å². The number of rotatable bonds is 2. The highest BCUT2D eigenvalue weighted by molar-refractivity contribution is 5.65. The van der Waals surface area contributed by atoms with Crippen LogP contribution in [0.3, 0.4) is 0 Å². The Kier molecular flexibility index (Phi) is 2.15. The number of terminal acetylenes is 1. The predicted octanol–water partition coefficient (Wildman–Crippen LogP) is 2.15. The monoisotopic (exact) mass is 183 g/mol. The number of nitrogens with one attached hydrogen (secondary N) is 1. The molecule has 0 heterocycles. The van der Waals surface area contributed by atoms with E-state index in [0.29, 0.717) is 6.42 Å². The minimum Gasteiger partial charge on any atom is -0.306 e. The summed E-state index contributed by atoms with van der Waals surface area (Å²) in [5, 5.41) is 3.31. The summed E-state index contributed by atoms with van der Waals surface area (Å²) in [6.45, 7) is 0. The molecule has 0 saturated heterocycles. The van der Waals surface area contributed by atoms with Crippen LogP contribution in [-0.4, -0.2) is 7.05 Å². The molecule has 70 valence electrons. The van der Waals surface area contributed by atoms with Crippen molar-refractivity contribution in [1.29, 1.82) is 0 Å². The van der Waals surface area contributed by atoms with E-state index < -0.39 is 0 Å². The van der Waals surface area contributed by atoms with E-state index in [2.05, 4.69) is 41.6 Å². The van der Waals surface area contributed by atoms with Crippen molar-refractivity contribution in [3.8, 4) is 12.3 Å². The van der Waals surface area contributed by atoms with Crippen LogP contribution in [0.2, 0.25) is 0 Å². The minimum atomic E-state index is -0.147. The maximum atomic E-state index is 5.40. The number of likely N-dealkylation sites (N-methyl/N-ethyl adjacent to an activating group) is 1. The quantitative estimate of drug-likeness (QED) is 0.693. The van der Waals surface area contributed by atoms with Crippen LogP contribution in [0.5, 0.6) is 0 Å². The van der Waals surface area contributed by atoms with Gasteiger partial charge >= 0.3 is 0 Å². The largest absolute Gasteiger partial charge is 0.306 e. The molecule has 1 nitrogen and oxygen atoms in total. The summed E-state index contributed by atoms with van der Waals surface area (Å²) in [6, 6.07) is 8.34. The Morgan fingerprint density at radius 1 is 1.43 bits per heavy atom. The van der Waals surface area contributed by atoms with Gasteiger partial charge < -0.3 is 5.32 Å². The molecule has 0 radical (unpaired) electrons. The lowest BCUT2D eigenvalue weighted by Gasteiger charge is -2.26. The summed E-state index contributed by atoms with van der Waals surface area (Å²) in [5.74, 6) is 2.73. The Balaban J connectivity index is 2.51. The van der Waals surface area contributed by atoms with E-state index in [1.165, 1.54) is 11.1 Å². The molecular formula is C13H13N. The maximum absolute atomic E-state index is 5.40. The summed E-state index contributed by atoms with van der Waals surface area (Å²) < 4.78 is 0. The van der Waals surface area contributed by atoms with Crippen molar-refractivity contribution in [2.45, 2.75) is 12.0 Å². The zero-order valence-electron chi connectivity index (χ0n) is 8.25. The lowest BCUT2D eigenvalue weighted by molar-refractivity contribution is 0.476. The molecule has 0 fully saturated rings. The predicted molar refractivity (Wildman–Crippen MR) is 59.7 cm³/mol. The van der Waals surface area contributed by atoms with Crippen LogP contribution < -0.4 is 5.32 Å². The summed E-state index contributed by atoms with van der Waals surface area (Å²) in [4.78, 5) is 0. The Morgan fingerprint density at radius 2 is 2.21 bits per heavy atom. The van der Waals surface area contributed by atoms with Crippen LogP contribution in [0.1, 0.15) is 17.5 Å². The SMILES string of the molecule is C#CC[C@@]1(NC)C=Cc2ccccc21. The molecule has 1 atom stereocenters. The van der Waals surface area contributed by atoms with Gasteiger partial charge in [-0.15, -0.1) is 12.3 Å². The van der Waals surface area contributed by atoms with Gasteiger partial charge in [-0.25, -0.2) is 0 Å². The van der Waals surface area contributed by atoms with Crippen LogP contribution >= 0.6 is 0 Å². The van der Waals surface area contributed by atoms with Gasteiger partial charge in [0.25, 0.3) is 0 Å². The van der Waals surface area contributed by atoms with Gasteiger partial charge in [-0.2, -0.15) is 0 Å². The second-order valence-electron chi connectivity index (χ2n) is 3.52. The number of fused-ring (bicyclic) bond motifs is 1. The van der Waals surface area contributed by atoms with E-state index in [0.717, 1.165) is 0 Å². The average Bonchev–Trinajstić information content (AvgIpc) is 2.59. The van der Waals surface area contributed by atoms with Gasteiger partial charge in [0, 0.05) is 6.42 Å². The lowest BCUT2D eigenvalue weighted by Crippen LogP contribution is -2.36. The van der Waals surface area contributed by atoms with Crippen molar-refractivity contribution in [2.24, 2.45) is 0 Å². The topological polar surface area (TPSA) is 12.0 Å². The molecule has 1 N–H and O–H groups in total. The van der Waals surface area contributed by atoms with Gasteiger partial charge in [0.15, 0.2) is 0 Å². The molecule has 2 rings (SSSR count). The van der Waals surface area contributed by atoms with E-state index in [9.17, 15) is 0 Å². The van der Waals surface area contributed by atoms with E-state index in [1.54, 1.807) is 0 Å². The Labute approximate surface area is 84.8 Å². The fourth-order valence-corrected chi connectivity index (χ4v) is 1.99. The minimum absolute atomic E-state index is 0.147. The normalized spacial score (nSPS) is 23.1. The third kappa shape index (κ3) is 1.16. The van der Waals surface area contributed by atoms with E-state index in [-0.39, 0.29) is 5.54 Å².